The summed E-state index contributed by atoms with van der Waals surface area (Å²) < 4.78 is 1.84. The van der Waals surface area contributed by atoms with Crippen LogP contribution in [0, 0.1) is 6.92 Å². The summed E-state index contributed by atoms with van der Waals surface area (Å²) >= 11 is 0. The summed E-state index contributed by atoms with van der Waals surface area (Å²) in [5.41, 5.74) is 3.30. The number of pyridine rings is 1. The van der Waals surface area contributed by atoms with Crippen molar-refractivity contribution >= 4 is 11.5 Å². The van der Waals surface area contributed by atoms with Crippen molar-refractivity contribution < 1.29 is 9.90 Å². The molecule has 20 heavy (non-hydrogen) atoms. The lowest BCUT2D eigenvalue weighted by Crippen LogP contribution is -2.02. The van der Waals surface area contributed by atoms with Gasteiger partial charge in [0.2, 0.25) is 0 Å². The molecule has 4 nitrogen and oxygen atoms in total. The largest absolute Gasteiger partial charge is 0.478 e. The highest BCUT2D eigenvalue weighted by Gasteiger charge is 2.12. The molecule has 3 aromatic rings. The monoisotopic (exact) mass is 266 g/mol. The number of benzene rings is 1. The van der Waals surface area contributed by atoms with E-state index in [2.05, 4.69) is 24.0 Å². The van der Waals surface area contributed by atoms with Gasteiger partial charge in [-0.05, 0) is 30.2 Å². The lowest BCUT2D eigenvalue weighted by atomic mass is 10.1. The van der Waals surface area contributed by atoms with Crippen LogP contribution in [0.2, 0.25) is 0 Å². The van der Waals surface area contributed by atoms with Crippen molar-refractivity contribution in [1.82, 2.24) is 9.38 Å². The van der Waals surface area contributed by atoms with Gasteiger partial charge in [0.25, 0.3) is 0 Å². The molecule has 0 saturated carbocycles. The number of hydrogen-bond acceptors (Lipinski definition) is 2. The van der Waals surface area contributed by atoms with Gasteiger partial charge in [-0.3, -0.25) is 0 Å². The van der Waals surface area contributed by atoms with Crippen molar-refractivity contribution in [3.8, 4) is 0 Å². The molecular formula is C16H14N2O2. The Bertz CT molecular complexity index is 790. The number of aryl methyl sites for hydroxylation is 1. The summed E-state index contributed by atoms with van der Waals surface area (Å²) in [5.74, 6) is -0.0876. The maximum absolute atomic E-state index is 11.2. The van der Waals surface area contributed by atoms with E-state index >= 15 is 0 Å². The van der Waals surface area contributed by atoms with Gasteiger partial charge in [-0.25, -0.2) is 9.78 Å². The Morgan fingerprint density at radius 1 is 1.25 bits per heavy atom. The van der Waals surface area contributed by atoms with Crippen molar-refractivity contribution in [2.45, 2.75) is 13.3 Å². The van der Waals surface area contributed by atoms with Crippen LogP contribution in [0.1, 0.15) is 27.3 Å². The molecule has 100 valence electrons. The van der Waals surface area contributed by atoms with Crippen LogP contribution in [-0.2, 0) is 6.42 Å². The van der Waals surface area contributed by atoms with Crippen molar-refractivity contribution in [3.63, 3.8) is 0 Å². The van der Waals surface area contributed by atoms with Gasteiger partial charge in [-0.1, -0.05) is 24.3 Å². The lowest BCUT2D eigenvalue weighted by molar-refractivity contribution is 0.0698. The van der Waals surface area contributed by atoms with Crippen LogP contribution in [0.3, 0.4) is 0 Å². The van der Waals surface area contributed by atoms with Gasteiger partial charge in [0, 0.05) is 12.6 Å². The van der Waals surface area contributed by atoms with Crippen LogP contribution in [0.25, 0.3) is 5.52 Å². The highest BCUT2D eigenvalue weighted by atomic mass is 16.4. The molecular weight excluding hydrogens is 252 g/mol. The molecule has 1 aromatic carbocycles. The Hall–Kier alpha value is -2.62. The summed E-state index contributed by atoms with van der Waals surface area (Å²) in [6, 6.07) is 11.5. The SMILES string of the molecule is Cc1ccccc1Cc1ncc2c(C(=O)O)cccn12. The fourth-order valence-corrected chi connectivity index (χ4v) is 2.37. The maximum Gasteiger partial charge on any atom is 0.337 e. The van der Waals surface area contributed by atoms with Crippen LogP contribution in [0.4, 0.5) is 0 Å². The third-order valence-corrected chi connectivity index (χ3v) is 3.49. The Morgan fingerprint density at radius 2 is 2.05 bits per heavy atom. The number of aromatic nitrogens is 2. The Balaban J connectivity index is 2.08. The van der Waals surface area contributed by atoms with Gasteiger partial charge in [-0.15, -0.1) is 0 Å². The van der Waals surface area contributed by atoms with Gasteiger partial charge in [-0.2, -0.15) is 0 Å². The second-order valence-electron chi connectivity index (χ2n) is 4.76. The first-order chi connectivity index (χ1) is 9.66. The van der Waals surface area contributed by atoms with E-state index in [-0.39, 0.29) is 5.56 Å². The van der Waals surface area contributed by atoms with E-state index in [4.69, 9.17) is 0 Å². The van der Waals surface area contributed by atoms with Crippen molar-refractivity contribution in [2.75, 3.05) is 0 Å². The second kappa shape index (κ2) is 4.81. The summed E-state index contributed by atoms with van der Waals surface area (Å²) in [4.78, 5) is 15.6. The fraction of sp³-hybridized carbons (Fsp3) is 0.125. The summed E-state index contributed by atoms with van der Waals surface area (Å²) in [6.07, 6.45) is 4.16. The first-order valence-corrected chi connectivity index (χ1v) is 6.39. The molecule has 0 aliphatic rings. The van der Waals surface area contributed by atoms with E-state index in [9.17, 15) is 9.90 Å². The molecule has 0 atom stereocenters. The van der Waals surface area contributed by atoms with Crippen LogP contribution in [0.5, 0.6) is 0 Å². The van der Waals surface area contributed by atoms with Gasteiger partial charge >= 0.3 is 5.97 Å². The molecule has 0 spiro atoms. The molecule has 2 aromatic heterocycles. The number of carboxylic acids is 1. The highest BCUT2D eigenvalue weighted by molar-refractivity contribution is 5.95. The molecule has 0 radical (unpaired) electrons. The minimum Gasteiger partial charge on any atom is -0.478 e. The Morgan fingerprint density at radius 3 is 2.80 bits per heavy atom. The molecule has 0 amide bonds. The Kier molecular flexibility index (Phi) is 2.99. The topological polar surface area (TPSA) is 54.6 Å². The predicted molar refractivity (Wildman–Crippen MR) is 76.1 cm³/mol. The van der Waals surface area contributed by atoms with Gasteiger partial charge in [0.15, 0.2) is 0 Å². The quantitative estimate of drug-likeness (QED) is 0.793. The zero-order valence-electron chi connectivity index (χ0n) is 11.1. The molecule has 0 saturated heterocycles. The first kappa shape index (κ1) is 12.4. The van der Waals surface area contributed by atoms with Crippen LogP contribution < -0.4 is 0 Å². The average molecular weight is 266 g/mol. The highest BCUT2D eigenvalue weighted by Crippen LogP contribution is 2.17. The van der Waals surface area contributed by atoms with Crippen LogP contribution in [0.15, 0.2) is 48.8 Å². The molecule has 0 aliphatic heterocycles. The second-order valence-corrected chi connectivity index (χ2v) is 4.76. The van der Waals surface area contributed by atoms with E-state index in [1.165, 1.54) is 11.1 Å². The van der Waals surface area contributed by atoms with E-state index < -0.39 is 5.97 Å². The maximum atomic E-state index is 11.2. The van der Waals surface area contributed by atoms with Gasteiger partial charge < -0.3 is 9.51 Å². The number of fused-ring (bicyclic) bond motifs is 1. The molecule has 0 unspecified atom stereocenters. The van der Waals surface area contributed by atoms with E-state index in [1.807, 2.05) is 22.7 Å². The third kappa shape index (κ3) is 2.05. The van der Waals surface area contributed by atoms with Crippen molar-refractivity contribution in [1.29, 1.82) is 0 Å². The number of aromatic carboxylic acids is 1. The standard InChI is InChI=1S/C16H14N2O2/c1-11-5-2-3-6-12(11)9-15-17-10-14-13(16(19)20)7-4-8-18(14)15/h2-8,10H,9H2,1H3,(H,19,20). The number of nitrogens with zero attached hydrogens (tertiary/aromatic N) is 2. The van der Waals surface area contributed by atoms with Gasteiger partial charge in [0.1, 0.15) is 5.82 Å². The van der Waals surface area contributed by atoms with Gasteiger partial charge in [0.05, 0.1) is 17.3 Å². The van der Waals surface area contributed by atoms with E-state index in [0.29, 0.717) is 11.9 Å². The van der Waals surface area contributed by atoms with Crippen LogP contribution >= 0.6 is 0 Å². The van der Waals surface area contributed by atoms with Crippen LogP contribution in [-0.4, -0.2) is 20.5 Å². The number of carboxylic acid groups (broad SMARTS) is 1. The van der Waals surface area contributed by atoms with E-state index in [1.54, 1.807) is 18.3 Å². The normalized spacial score (nSPS) is 10.8. The van der Waals surface area contributed by atoms with Crippen molar-refractivity contribution in [2.24, 2.45) is 0 Å². The zero-order valence-corrected chi connectivity index (χ0v) is 11.1. The predicted octanol–water partition coefficient (Wildman–Crippen LogP) is 2.93. The summed E-state index contributed by atoms with van der Waals surface area (Å²) in [5, 5.41) is 9.18. The number of rotatable bonds is 3. The number of imidazole rings is 1. The molecule has 2 heterocycles. The molecule has 0 aliphatic carbocycles. The zero-order chi connectivity index (χ0) is 14.1. The molecule has 1 N–H and O–H groups in total. The molecule has 0 fully saturated rings. The first-order valence-electron chi connectivity index (χ1n) is 6.39. The fourth-order valence-electron chi connectivity index (χ4n) is 2.37. The summed E-state index contributed by atoms with van der Waals surface area (Å²) in [6.45, 7) is 2.06. The Labute approximate surface area is 116 Å². The number of carbonyl (C=O) groups is 1. The van der Waals surface area contributed by atoms with E-state index in [0.717, 1.165) is 5.82 Å². The average Bonchev–Trinajstić information content (AvgIpc) is 2.84. The molecule has 3 rings (SSSR count). The molecule has 0 bridgehead atoms. The minimum absolute atomic E-state index is 0.274. The smallest absolute Gasteiger partial charge is 0.337 e. The molecule has 4 heteroatoms. The van der Waals surface area contributed by atoms with Crippen molar-refractivity contribution in [3.05, 3.63) is 71.3 Å². The summed E-state index contributed by atoms with van der Waals surface area (Å²) in [7, 11) is 0. The third-order valence-electron chi connectivity index (χ3n) is 3.49. The minimum atomic E-state index is -0.932. The lowest BCUT2D eigenvalue weighted by Gasteiger charge is -2.05. The number of hydrogen-bond donors (Lipinski definition) is 1.